The maximum Gasteiger partial charge on any atom is 0.255 e. The van der Waals surface area contributed by atoms with E-state index in [0.717, 1.165) is 56.5 Å². The Kier molecular flexibility index (Phi) is 7.00. The fourth-order valence-corrected chi connectivity index (χ4v) is 6.24. The van der Waals surface area contributed by atoms with Gasteiger partial charge in [-0.25, -0.2) is 4.21 Å². The van der Waals surface area contributed by atoms with Crippen LogP contribution in [0.25, 0.3) is 22.3 Å². The fourth-order valence-electron chi connectivity index (χ4n) is 5.43. The minimum atomic E-state index is -1.29. The molecule has 0 radical (unpaired) electrons. The Morgan fingerprint density at radius 1 is 0.947 bits per heavy atom. The predicted molar refractivity (Wildman–Crippen MR) is 156 cm³/mol. The standard InChI is InChI=1S/C32H30N2O3S/c1-20-10-12-23(13-11-20)29-22(3)30-28-15-14-26(33-32(36)24-8-6-5-7-9-24)18-25(28)19-34(38(4)37)31(30)21(2)27(29)16-17-35/h5-15,17-18H,16,19H2,1-4H3,(H,33,36). The molecule has 1 amide bonds. The number of hydrogen-bond acceptors (Lipinski definition) is 3. The van der Waals surface area contributed by atoms with Crippen LogP contribution >= 0.6 is 0 Å². The lowest BCUT2D eigenvalue weighted by Gasteiger charge is -2.35. The van der Waals surface area contributed by atoms with Crippen LogP contribution in [0, 0.1) is 20.8 Å². The van der Waals surface area contributed by atoms with E-state index in [1.807, 2.05) is 47.6 Å². The maximum absolute atomic E-state index is 13.0. The molecule has 0 bridgehead atoms. The Hall–Kier alpha value is -4.03. The molecule has 0 fully saturated rings. The van der Waals surface area contributed by atoms with Crippen LogP contribution in [0.3, 0.4) is 0 Å². The fraction of sp³-hybridized carbons (Fsp3) is 0.188. The van der Waals surface area contributed by atoms with Gasteiger partial charge in [0.1, 0.15) is 17.3 Å². The highest BCUT2D eigenvalue weighted by atomic mass is 32.2. The lowest BCUT2D eigenvalue weighted by atomic mass is 9.81. The smallest absolute Gasteiger partial charge is 0.255 e. The van der Waals surface area contributed by atoms with Crippen LogP contribution in [0.1, 0.15) is 38.2 Å². The van der Waals surface area contributed by atoms with Gasteiger partial charge < -0.3 is 10.1 Å². The summed E-state index contributed by atoms with van der Waals surface area (Å²) in [6, 6.07) is 23.4. The second kappa shape index (κ2) is 10.4. The van der Waals surface area contributed by atoms with Crippen molar-refractivity contribution in [2.24, 2.45) is 0 Å². The van der Waals surface area contributed by atoms with Gasteiger partial charge >= 0.3 is 0 Å². The van der Waals surface area contributed by atoms with E-state index in [2.05, 4.69) is 43.4 Å². The van der Waals surface area contributed by atoms with Crippen LogP contribution in [0.5, 0.6) is 0 Å². The molecule has 0 saturated carbocycles. The SMILES string of the molecule is Cc1ccc(-c2c(C)c3c(c(C)c2CC=O)N(S(C)=O)Cc2cc(NC(=O)c4ccccc4)ccc2-3)cc1. The minimum absolute atomic E-state index is 0.176. The van der Waals surface area contributed by atoms with Gasteiger partial charge in [-0.2, -0.15) is 0 Å². The third kappa shape index (κ3) is 4.56. The van der Waals surface area contributed by atoms with Gasteiger partial charge in [-0.05, 0) is 84.0 Å². The molecule has 1 aliphatic heterocycles. The molecular weight excluding hydrogens is 492 g/mol. The van der Waals surface area contributed by atoms with Gasteiger partial charge in [0.25, 0.3) is 5.91 Å². The maximum atomic E-state index is 13.0. The van der Waals surface area contributed by atoms with Crippen molar-refractivity contribution in [3.8, 4) is 22.3 Å². The number of rotatable bonds is 6. The van der Waals surface area contributed by atoms with E-state index in [4.69, 9.17) is 0 Å². The first kappa shape index (κ1) is 25.6. The second-order valence-electron chi connectivity index (χ2n) is 9.72. The zero-order valence-electron chi connectivity index (χ0n) is 22.0. The Morgan fingerprint density at radius 2 is 1.66 bits per heavy atom. The molecule has 0 spiro atoms. The summed E-state index contributed by atoms with van der Waals surface area (Å²) >= 11 is 0. The average molecular weight is 523 g/mol. The van der Waals surface area contributed by atoms with Crippen molar-refractivity contribution >= 4 is 34.6 Å². The topological polar surface area (TPSA) is 66.5 Å². The van der Waals surface area contributed by atoms with Crippen molar-refractivity contribution in [3.63, 3.8) is 0 Å². The van der Waals surface area contributed by atoms with Crippen molar-refractivity contribution in [1.82, 2.24) is 0 Å². The van der Waals surface area contributed by atoms with Gasteiger partial charge in [0.05, 0.1) is 12.2 Å². The summed E-state index contributed by atoms with van der Waals surface area (Å²) in [5, 5.41) is 3.00. The summed E-state index contributed by atoms with van der Waals surface area (Å²) in [5.74, 6) is -0.176. The molecule has 1 aliphatic rings. The average Bonchev–Trinajstić information content (AvgIpc) is 2.92. The van der Waals surface area contributed by atoms with Crippen LogP contribution in [0.2, 0.25) is 0 Å². The summed E-state index contributed by atoms with van der Waals surface area (Å²) in [7, 11) is -1.29. The summed E-state index contributed by atoms with van der Waals surface area (Å²) < 4.78 is 14.9. The zero-order chi connectivity index (χ0) is 27.0. The van der Waals surface area contributed by atoms with Gasteiger partial charge in [0, 0.05) is 29.5 Å². The number of nitrogens with one attached hydrogen (secondary N) is 1. The molecule has 5 rings (SSSR count). The van der Waals surface area contributed by atoms with E-state index in [1.54, 1.807) is 18.4 Å². The number of amides is 1. The normalized spacial score (nSPS) is 12.9. The number of benzene rings is 4. The van der Waals surface area contributed by atoms with E-state index in [9.17, 15) is 13.8 Å². The number of carbonyl (C=O) groups excluding carboxylic acids is 2. The molecule has 0 saturated heterocycles. The molecule has 0 aliphatic carbocycles. The Labute approximate surface area is 226 Å². The Balaban J connectivity index is 1.69. The van der Waals surface area contributed by atoms with Crippen LogP contribution in [0.4, 0.5) is 11.4 Å². The first-order chi connectivity index (χ1) is 18.3. The number of nitrogens with zero attached hydrogens (tertiary/aromatic N) is 1. The van der Waals surface area contributed by atoms with Crippen LogP contribution in [-0.4, -0.2) is 22.7 Å². The number of aryl methyl sites for hydroxylation is 1. The van der Waals surface area contributed by atoms with E-state index in [0.29, 0.717) is 17.8 Å². The second-order valence-corrected chi connectivity index (χ2v) is 11.0. The number of aldehydes is 1. The summed E-state index contributed by atoms with van der Waals surface area (Å²) in [4.78, 5) is 24.6. The minimum Gasteiger partial charge on any atom is -0.322 e. The molecule has 4 aromatic carbocycles. The Bertz CT molecular complexity index is 1580. The molecule has 5 nitrogen and oxygen atoms in total. The van der Waals surface area contributed by atoms with Crippen LogP contribution in [-0.2, 0) is 28.7 Å². The van der Waals surface area contributed by atoms with Gasteiger partial charge in [0.2, 0.25) is 0 Å². The van der Waals surface area contributed by atoms with Crippen molar-refractivity contribution < 1.29 is 13.8 Å². The van der Waals surface area contributed by atoms with Crippen LogP contribution in [0.15, 0.2) is 72.8 Å². The first-order valence-corrected chi connectivity index (χ1v) is 14.1. The third-order valence-electron chi connectivity index (χ3n) is 7.27. The van der Waals surface area contributed by atoms with Crippen molar-refractivity contribution in [2.45, 2.75) is 33.7 Å². The number of fused-ring (bicyclic) bond motifs is 3. The molecule has 6 heteroatoms. The van der Waals surface area contributed by atoms with Gasteiger partial charge in [-0.15, -0.1) is 0 Å². The molecule has 192 valence electrons. The lowest BCUT2D eigenvalue weighted by molar-refractivity contribution is -0.107. The van der Waals surface area contributed by atoms with E-state index < -0.39 is 11.0 Å². The third-order valence-corrected chi connectivity index (χ3v) is 8.20. The molecular formula is C32H30N2O3S. The van der Waals surface area contributed by atoms with Gasteiger partial charge in [-0.3, -0.25) is 9.10 Å². The molecule has 0 aromatic heterocycles. The molecule has 1 heterocycles. The summed E-state index contributed by atoms with van der Waals surface area (Å²) in [6.07, 6.45) is 2.90. The van der Waals surface area contributed by atoms with Crippen LogP contribution < -0.4 is 9.62 Å². The number of carbonyl (C=O) groups is 2. The first-order valence-electron chi connectivity index (χ1n) is 12.6. The molecule has 1 atom stereocenters. The number of hydrogen-bond donors (Lipinski definition) is 1. The largest absolute Gasteiger partial charge is 0.322 e. The van der Waals surface area contributed by atoms with Gasteiger partial charge in [0.15, 0.2) is 0 Å². The highest BCUT2D eigenvalue weighted by Crippen LogP contribution is 2.49. The molecule has 1 unspecified atom stereocenters. The highest BCUT2D eigenvalue weighted by molar-refractivity contribution is 7.85. The molecule has 38 heavy (non-hydrogen) atoms. The molecule has 1 N–H and O–H groups in total. The van der Waals surface area contributed by atoms with E-state index >= 15 is 0 Å². The highest BCUT2D eigenvalue weighted by Gasteiger charge is 2.31. The van der Waals surface area contributed by atoms with E-state index in [1.165, 1.54) is 5.56 Å². The molecule has 4 aromatic rings. The summed E-state index contributed by atoms with van der Waals surface area (Å²) in [5.41, 5.74) is 11.5. The van der Waals surface area contributed by atoms with Crippen molar-refractivity contribution in [3.05, 3.63) is 106 Å². The van der Waals surface area contributed by atoms with Crippen molar-refractivity contribution in [2.75, 3.05) is 15.9 Å². The monoisotopic (exact) mass is 522 g/mol. The number of anilines is 2. The quantitative estimate of drug-likeness (QED) is 0.292. The van der Waals surface area contributed by atoms with E-state index in [-0.39, 0.29) is 12.3 Å². The lowest BCUT2D eigenvalue weighted by Crippen LogP contribution is -2.30. The zero-order valence-corrected chi connectivity index (χ0v) is 22.8. The van der Waals surface area contributed by atoms with Crippen molar-refractivity contribution in [1.29, 1.82) is 0 Å². The summed E-state index contributed by atoms with van der Waals surface area (Å²) in [6.45, 7) is 6.60. The van der Waals surface area contributed by atoms with Gasteiger partial charge in [-0.1, -0.05) is 54.1 Å². The predicted octanol–water partition coefficient (Wildman–Crippen LogP) is 6.55. The Morgan fingerprint density at radius 3 is 2.32 bits per heavy atom.